The third kappa shape index (κ3) is 2.64. The van der Waals surface area contributed by atoms with Gasteiger partial charge in [-0.1, -0.05) is 25.4 Å². The number of aromatic nitrogens is 2. The monoisotopic (exact) mass is 239 g/mol. The first-order valence-electron chi connectivity index (χ1n) is 5.86. The van der Waals surface area contributed by atoms with E-state index in [1.54, 1.807) is 0 Å². The summed E-state index contributed by atoms with van der Waals surface area (Å²) in [6, 6.07) is 0. The average molecular weight is 240 g/mol. The van der Waals surface area contributed by atoms with Crippen LogP contribution >= 0.6 is 11.6 Å². The van der Waals surface area contributed by atoms with Crippen molar-refractivity contribution < 1.29 is 0 Å². The highest BCUT2D eigenvalue weighted by Crippen LogP contribution is 2.30. The Balaban J connectivity index is 2.19. The van der Waals surface area contributed by atoms with E-state index in [0.717, 1.165) is 29.7 Å². The molecule has 1 saturated carbocycles. The maximum atomic E-state index is 6.10. The predicted octanol–water partition coefficient (Wildman–Crippen LogP) is 3.38. The molecule has 1 aromatic rings. The number of nitrogens with zero attached hydrogens (tertiary/aromatic N) is 2. The fourth-order valence-electron chi connectivity index (χ4n) is 1.50. The lowest BCUT2D eigenvalue weighted by Gasteiger charge is -2.12. The molecule has 1 N–H and O–H groups in total. The first kappa shape index (κ1) is 11.6. The molecule has 0 spiro atoms. The minimum atomic E-state index is 0.305. The van der Waals surface area contributed by atoms with Gasteiger partial charge in [0.1, 0.15) is 16.8 Å². The molecule has 0 amide bonds. The normalized spacial score (nSPS) is 15.6. The molecule has 0 aliphatic heterocycles. The number of nitrogens with one attached hydrogen (secondary N) is 1. The van der Waals surface area contributed by atoms with Gasteiger partial charge in [0.25, 0.3) is 0 Å². The molecule has 0 radical (unpaired) electrons. The van der Waals surface area contributed by atoms with Crippen LogP contribution < -0.4 is 5.32 Å². The zero-order chi connectivity index (χ0) is 11.7. The highest BCUT2D eigenvalue weighted by atomic mass is 35.5. The van der Waals surface area contributed by atoms with Gasteiger partial charge in [-0.15, -0.1) is 0 Å². The molecule has 1 aliphatic carbocycles. The van der Waals surface area contributed by atoms with Gasteiger partial charge in [0.15, 0.2) is 0 Å². The number of halogens is 1. The van der Waals surface area contributed by atoms with E-state index in [1.807, 2.05) is 6.92 Å². The Morgan fingerprint density at radius 2 is 2.06 bits per heavy atom. The Morgan fingerprint density at radius 3 is 2.62 bits per heavy atom. The van der Waals surface area contributed by atoms with Gasteiger partial charge in [-0.05, 0) is 25.7 Å². The van der Waals surface area contributed by atoms with Crippen molar-refractivity contribution in [1.82, 2.24) is 9.97 Å². The van der Waals surface area contributed by atoms with Gasteiger partial charge in [-0.25, -0.2) is 9.97 Å². The van der Waals surface area contributed by atoms with Crippen LogP contribution in [-0.2, 0) is 0 Å². The van der Waals surface area contributed by atoms with Gasteiger partial charge >= 0.3 is 0 Å². The summed E-state index contributed by atoms with van der Waals surface area (Å²) >= 11 is 6.10. The minimum absolute atomic E-state index is 0.305. The molecule has 1 aliphatic rings. The van der Waals surface area contributed by atoms with Crippen LogP contribution in [0.1, 0.15) is 44.0 Å². The van der Waals surface area contributed by atoms with Crippen molar-refractivity contribution in [2.75, 3.05) is 11.9 Å². The van der Waals surface area contributed by atoms with E-state index in [9.17, 15) is 0 Å². The van der Waals surface area contributed by atoms with E-state index in [-0.39, 0.29) is 0 Å². The third-order valence-electron chi connectivity index (χ3n) is 2.88. The van der Waals surface area contributed by atoms with Crippen LogP contribution in [0.4, 0.5) is 5.82 Å². The van der Waals surface area contributed by atoms with Crippen molar-refractivity contribution >= 4 is 17.4 Å². The summed E-state index contributed by atoms with van der Waals surface area (Å²) < 4.78 is 0. The molecule has 1 aromatic heterocycles. The highest BCUT2D eigenvalue weighted by molar-refractivity contribution is 6.30. The fraction of sp³-hybridized carbons (Fsp3) is 0.667. The Labute approximate surface area is 102 Å². The van der Waals surface area contributed by atoms with Gasteiger partial charge in [0, 0.05) is 18.0 Å². The van der Waals surface area contributed by atoms with E-state index in [1.165, 1.54) is 12.8 Å². The van der Waals surface area contributed by atoms with E-state index >= 15 is 0 Å². The zero-order valence-electron chi connectivity index (χ0n) is 10.0. The van der Waals surface area contributed by atoms with Gasteiger partial charge in [-0.3, -0.25) is 0 Å². The smallest absolute Gasteiger partial charge is 0.137 e. The zero-order valence-corrected chi connectivity index (χ0v) is 10.8. The molecule has 16 heavy (non-hydrogen) atoms. The van der Waals surface area contributed by atoms with Gasteiger partial charge in [0.05, 0.1) is 0 Å². The van der Waals surface area contributed by atoms with E-state index in [0.29, 0.717) is 11.1 Å². The van der Waals surface area contributed by atoms with Crippen molar-refractivity contribution in [2.45, 2.75) is 39.5 Å². The maximum absolute atomic E-state index is 6.10. The maximum Gasteiger partial charge on any atom is 0.137 e. The number of hydrogen-bond donors (Lipinski definition) is 1. The molecular weight excluding hydrogens is 222 g/mol. The Bertz CT molecular complexity index is 386. The number of anilines is 1. The molecular formula is C12H18ClN3. The fourth-order valence-corrected chi connectivity index (χ4v) is 1.67. The molecule has 2 rings (SSSR count). The molecule has 3 nitrogen and oxygen atoms in total. The lowest BCUT2D eigenvalue weighted by atomic mass is 10.2. The number of rotatable bonds is 4. The van der Waals surface area contributed by atoms with Crippen LogP contribution in [0.5, 0.6) is 0 Å². The van der Waals surface area contributed by atoms with Gasteiger partial charge < -0.3 is 5.32 Å². The van der Waals surface area contributed by atoms with E-state index < -0.39 is 0 Å². The van der Waals surface area contributed by atoms with E-state index in [2.05, 4.69) is 29.1 Å². The number of hydrogen-bond acceptors (Lipinski definition) is 3. The summed E-state index contributed by atoms with van der Waals surface area (Å²) in [6.07, 6.45) is 2.67. The predicted molar refractivity (Wildman–Crippen MR) is 67.1 cm³/mol. The summed E-state index contributed by atoms with van der Waals surface area (Å²) in [5.74, 6) is 2.85. The summed E-state index contributed by atoms with van der Waals surface area (Å²) in [5, 5.41) is 3.94. The van der Waals surface area contributed by atoms with Crippen molar-refractivity contribution in [3.05, 3.63) is 16.5 Å². The Hall–Kier alpha value is -0.830. The molecule has 4 heteroatoms. The van der Waals surface area contributed by atoms with Crippen LogP contribution in [0.3, 0.4) is 0 Å². The van der Waals surface area contributed by atoms with Crippen molar-refractivity contribution in [1.29, 1.82) is 0 Å². The van der Waals surface area contributed by atoms with E-state index in [4.69, 9.17) is 11.6 Å². The first-order chi connectivity index (χ1) is 7.58. The molecule has 88 valence electrons. The van der Waals surface area contributed by atoms with Crippen molar-refractivity contribution in [3.8, 4) is 0 Å². The standard InChI is InChI=1S/C12H18ClN3/c1-7(2)11-15-10(13)8(3)12(16-11)14-6-9-4-5-9/h7,9H,4-6H2,1-3H3,(H,14,15,16). The average Bonchev–Trinajstić information content (AvgIpc) is 3.03. The minimum Gasteiger partial charge on any atom is -0.369 e. The molecule has 0 saturated heterocycles. The van der Waals surface area contributed by atoms with Crippen molar-refractivity contribution in [3.63, 3.8) is 0 Å². The van der Waals surface area contributed by atoms with Crippen LogP contribution in [0.15, 0.2) is 0 Å². The van der Waals surface area contributed by atoms with Crippen LogP contribution in [-0.4, -0.2) is 16.5 Å². The summed E-state index contributed by atoms with van der Waals surface area (Å²) in [6.45, 7) is 7.12. The molecule has 0 aromatic carbocycles. The second-order valence-corrected chi connectivity index (χ2v) is 5.18. The summed E-state index contributed by atoms with van der Waals surface area (Å²) in [4.78, 5) is 8.82. The first-order valence-corrected chi connectivity index (χ1v) is 6.23. The lowest BCUT2D eigenvalue weighted by Crippen LogP contribution is -2.10. The molecule has 0 atom stereocenters. The van der Waals surface area contributed by atoms with Crippen LogP contribution in [0.2, 0.25) is 5.15 Å². The second-order valence-electron chi connectivity index (χ2n) is 4.83. The Kier molecular flexibility index (Phi) is 3.33. The Morgan fingerprint density at radius 1 is 1.38 bits per heavy atom. The van der Waals surface area contributed by atoms with Crippen molar-refractivity contribution in [2.24, 2.45) is 5.92 Å². The van der Waals surface area contributed by atoms with Gasteiger partial charge in [-0.2, -0.15) is 0 Å². The molecule has 1 heterocycles. The largest absolute Gasteiger partial charge is 0.369 e. The topological polar surface area (TPSA) is 37.8 Å². The quantitative estimate of drug-likeness (QED) is 0.819. The SMILES string of the molecule is Cc1c(Cl)nc(C(C)C)nc1NCC1CC1. The van der Waals surface area contributed by atoms with Crippen LogP contribution in [0, 0.1) is 12.8 Å². The lowest BCUT2D eigenvalue weighted by molar-refractivity contribution is 0.768. The highest BCUT2D eigenvalue weighted by Gasteiger charge is 2.21. The molecule has 1 fully saturated rings. The molecule has 0 unspecified atom stereocenters. The second kappa shape index (κ2) is 4.58. The third-order valence-corrected chi connectivity index (χ3v) is 3.24. The summed E-state index contributed by atoms with van der Waals surface area (Å²) in [5.41, 5.74) is 0.951. The van der Waals surface area contributed by atoms with Gasteiger partial charge in [0.2, 0.25) is 0 Å². The molecule has 0 bridgehead atoms. The summed E-state index contributed by atoms with van der Waals surface area (Å²) in [7, 11) is 0. The van der Waals surface area contributed by atoms with Crippen LogP contribution in [0.25, 0.3) is 0 Å².